The van der Waals surface area contributed by atoms with E-state index in [4.69, 9.17) is 4.74 Å². The molecule has 0 saturated carbocycles. The van der Waals surface area contributed by atoms with Gasteiger partial charge in [-0.2, -0.15) is 0 Å². The number of pyridine rings is 1. The predicted octanol–water partition coefficient (Wildman–Crippen LogP) is 5.57. The minimum Gasteiger partial charge on any atom is -0.444 e. The van der Waals surface area contributed by atoms with Crippen LogP contribution in [0.2, 0.25) is 0 Å². The third kappa shape index (κ3) is 5.86. The molecular weight excluding hydrogens is 501 g/mol. The number of carbonyl (C=O) groups is 1. The molecular formula is C22H27BrFN3O4S. The summed E-state index contributed by atoms with van der Waals surface area (Å²) in [5.41, 5.74) is 0.0616. The third-order valence-corrected chi connectivity index (χ3v) is 6.22. The number of halogens is 2. The summed E-state index contributed by atoms with van der Waals surface area (Å²) in [4.78, 5) is 17.8. The van der Waals surface area contributed by atoms with E-state index in [0.29, 0.717) is 15.6 Å². The lowest BCUT2D eigenvalue weighted by Crippen LogP contribution is -2.33. The summed E-state index contributed by atoms with van der Waals surface area (Å²) in [5, 5.41) is 0.550. The first-order chi connectivity index (χ1) is 14.9. The smallest absolute Gasteiger partial charge is 0.410 e. The topological polar surface area (TPSA) is 81.5 Å². The second-order valence-electron chi connectivity index (χ2n) is 7.75. The van der Waals surface area contributed by atoms with Crippen LogP contribution < -0.4 is 0 Å². The summed E-state index contributed by atoms with van der Waals surface area (Å²) in [5.74, 6) is -0.661. The normalized spacial score (nSPS) is 11.6. The van der Waals surface area contributed by atoms with Gasteiger partial charge in [0.05, 0.1) is 11.4 Å². The maximum Gasteiger partial charge on any atom is 0.410 e. The molecule has 1 amide bonds. The molecule has 0 aliphatic rings. The van der Waals surface area contributed by atoms with Crippen LogP contribution in [0, 0.1) is 5.82 Å². The van der Waals surface area contributed by atoms with Crippen molar-refractivity contribution in [2.24, 2.45) is 0 Å². The van der Waals surface area contributed by atoms with Gasteiger partial charge in [-0.3, -0.25) is 0 Å². The quantitative estimate of drug-likeness (QED) is 0.414. The summed E-state index contributed by atoms with van der Waals surface area (Å²) < 4.78 is 46.8. The van der Waals surface area contributed by atoms with E-state index in [-0.39, 0.29) is 17.1 Å². The third-order valence-electron chi connectivity index (χ3n) is 4.13. The number of hydrogen-bond donors (Lipinski definition) is 0. The molecule has 0 N–H and O–H groups in total. The Hall–Kier alpha value is -2.46. The fourth-order valence-electron chi connectivity index (χ4n) is 2.83. The van der Waals surface area contributed by atoms with Crippen molar-refractivity contribution in [2.75, 3.05) is 7.05 Å². The molecule has 1 aromatic carbocycles. The number of aromatic nitrogens is 2. The van der Waals surface area contributed by atoms with Crippen molar-refractivity contribution in [1.82, 2.24) is 13.9 Å². The van der Waals surface area contributed by atoms with Gasteiger partial charge in [0, 0.05) is 24.2 Å². The molecule has 0 atom stereocenters. The first-order valence-corrected chi connectivity index (χ1v) is 12.2. The second kappa shape index (κ2) is 9.99. The second-order valence-corrected chi connectivity index (χ2v) is 10.4. The zero-order valence-corrected chi connectivity index (χ0v) is 21.3. The van der Waals surface area contributed by atoms with E-state index in [1.165, 1.54) is 29.3 Å². The molecule has 7 nitrogen and oxygen atoms in total. The molecule has 0 radical (unpaired) electrons. The van der Waals surface area contributed by atoms with Gasteiger partial charge >= 0.3 is 6.09 Å². The highest BCUT2D eigenvalue weighted by atomic mass is 79.9. The van der Waals surface area contributed by atoms with Crippen LogP contribution in [0.15, 0.2) is 52.1 Å². The van der Waals surface area contributed by atoms with E-state index in [9.17, 15) is 17.6 Å². The Balaban J connectivity index is 0.00000176. The van der Waals surface area contributed by atoms with Crippen molar-refractivity contribution >= 4 is 43.1 Å². The Bertz CT molecular complexity index is 1220. The highest BCUT2D eigenvalue weighted by molar-refractivity contribution is 9.10. The van der Waals surface area contributed by atoms with Gasteiger partial charge in [-0.15, -0.1) is 0 Å². The SMILES string of the molecule is CC.CN(Cc1cn(S(=O)(=O)c2cccc(F)c2)c2nc(Br)ccc12)C(=O)OC(C)(C)C. The van der Waals surface area contributed by atoms with Crippen LogP contribution in [0.25, 0.3) is 11.0 Å². The Kier molecular flexibility index (Phi) is 8.06. The summed E-state index contributed by atoms with van der Waals surface area (Å²) in [7, 11) is -2.55. The lowest BCUT2D eigenvalue weighted by atomic mass is 10.2. The molecule has 10 heteroatoms. The summed E-state index contributed by atoms with van der Waals surface area (Å²) >= 11 is 3.25. The van der Waals surface area contributed by atoms with E-state index < -0.39 is 27.5 Å². The molecule has 2 aromatic heterocycles. The zero-order valence-electron chi connectivity index (χ0n) is 18.9. The molecule has 0 bridgehead atoms. The molecule has 0 saturated heterocycles. The van der Waals surface area contributed by atoms with Crippen molar-refractivity contribution in [3.63, 3.8) is 0 Å². The average molecular weight is 528 g/mol. The molecule has 0 aliphatic heterocycles. The fourth-order valence-corrected chi connectivity index (χ4v) is 4.50. The van der Waals surface area contributed by atoms with Crippen molar-refractivity contribution < 1.29 is 22.3 Å². The lowest BCUT2D eigenvalue weighted by molar-refractivity contribution is 0.0286. The number of hydrogen-bond acceptors (Lipinski definition) is 5. The van der Waals surface area contributed by atoms with Crippen LogP contribution >= 0.6 is 15.9 Å². The monoisotopic (exact) mass is 527 g/mol. The average Bonchev–Trinajstić information content (AvgIpc) is 3.06. The molecule has 0 fully saturated rings. The minimum atomic E-state index is -4.11. The maximum atomic E-state index is 13.6. The maximum absolute atomic E-state index is 13.6. The molecule has 174 valence electrons. The highest BCUT2D eigenvalue weighted by Gasteiger charge is 2.25. The van der Waals surface area contributed by atoms with Crippen LogP contribution in [-0.4, -0.2) is 41.0 Å². The van der Waals surface area contributed by atoms with Crippen molar-refractivity contribution in [1.29, 1.82) is 0 Å². The Labute approximate surface area is 196 Å². The van der Waals surface area contributed by atoms with E-state index in [1.807, 2.05) is 13.8 Å². The van der Waals surface area contributed by atoms with Gasteiger partial charge < -0.3 is 9.64 Å². The van der Waals surface area contributed by atoms with E-state index >= 15 is 0 Å². The number of amides is 1. The molecule has 0 aliphatic carbocycles. The van der Waals surface area contributed by atoms with Gasteiger partial charge in [-0.1, -0.05) is 19.9 Å². The Morgan fingerprint density at radius 1 is 1.22 bits per heavy atom. The van der Waals surface area contributed by atoms with Crippen molar-refractivity contribution in [3.8, 4) is 0 Å². The first-order valence-electron chi connectivity index (χ1n) is 10.0. The van der Waals surface area contributed by atoms with Crippen molar-refractivity contribution in [2.45, 2.75) is 51.7 Å². The number of carbonyl (C=O) groups excluding carboxylic acids is 1. The largest absolute Gasteiger partial charge is 0.444 e. The van der Waals surface area contributed by atoms with Gasteiger partial charge in [0.2, 0.25) is 0 Å². The van der Waals surface area contributed by atoms with E-state index in [2.05, 4.69) is 20.9 Å². The van der Waals surface area contributed by atoms with Gasteiger partial charge in [0.25, 0.3) is 10.0 Å². The van der Waals surface area contributed by atoms with Gasteiger partial charge in [0.1, 0.15) is 16.0 Å². The van der Waals surface area contributed by atoms with Crippen LogP contribution in [0.1, 0.15) is 40.2 Å². The Morgan fingerprint density at radius 2 is 1.88 bits per heavy atom. The number of benzene rings is 1. The highest BCUT2D eigenvalue weighted by Crippen LogP contribution is 2.27. The van der Waals surface area contributed by atoms with Gasteiger partial charge in [0.15, 0.2) is 5.65 Å². The fraction of sp³-hybridized carbons (Fsp3) is 0.364. The minimum absolute atomic E-state index is 0.0976. The number of ether oxygens (including phenoxy) is 1. The van der Waals surface area contributed by atoms with Crippen LogP contribution in [0.4, 0.5) is 9.18 Å². The first kappa shape index (κ1) is 25.8. The summed E-state index contributed by atoms with van der Waals surface area (Å²) in [6, 6.07) is 8.15. The van der Waals surface area contributed by atoms with Gasteiger partial charge in [-0.05, 0) is 67.0 Å². The molecule has 32 heavy (non-hydrogen) atoms. The number of rotatable bonds is 4. The van der Waals surface area contributed by atoms with E-state index in [1.54, 1.807) is 40.0 Å². The predicted molar refractivity (Wildman–Crippen MR) is 125 cm³/mol. The number of nitrogens with zero attached hydrogens (tertiary/aromatic N) is 3. The standard InChI is InChI=1S/C20H21BrFN3O4S.C2H6/c1-20(2,3)29-19(26)24(4)11-13-12-25(18-16(13)8-9-17(21)23-18)30(27,28)15-7-5-6-14(22)10-15;1-2/h5-10,12H,11H2,1-4H3;1-2H3. The molecule has 0 spiro atoms. The number of fused-ring (bicyclic) bond motifs is 1. The van der Waals surface area contributed by atoms with E-state index in [0.717, 1.165) is 10.0 Å². The van der Waals surface area contributed by atoms with Gasteiger partial charge in [-0.25, -0.2) is 26.6 Å². The zero-order chi connectivity index (χ0) is 24.3. The summed E-state index contributed by atoms with van der Waals surface area (Å²) in [6.07, 6.45) is 0.854. The molecule has 3 aromatic rings. The summed E-state index contributed by atoms with van der Waals surface area (Å²) in [6.45, 7) is 9.38. The van der Waals surface area contributed by atoms with Crippen molar-refractivity contribution in [3.05, 3.63) is 58.6 Å². The molecule has 3 rings (SSSR count). The Morgan fingerprint density at radius 3 is 2.47 bits per heavy atom. The van der Waals surface area contributed by atoms with Crippen LogP contribution in [-0.2, 0) is 21.3 Å². The lowest BCUT2D eigenvalue weighted by Gasteiger charge is -2.24. The molecule has 2 heterocycles. The molecule has 0 unspecified atom stereocenters. The van der Waals surface area contributed by atoms with Crippen LogP contribution in [0.3, 0.4) is 0 Å². The van der Waals surface area contributed by atoms with Crippen LogP contribution in [0.5, 0.6) is 0 Å².